The number of nitrogens with zero attached hydrogens (tertiary/aromatic N) is 2. The van der Waals surface area contributed by atoms with Gasteiger partial charge in [0.25, 0.3) is 5.91 Å². The lowest BCUT2D eigenvalue weighted by molar-refractivity contribution is 0.0717. The molecule has 23 heavy (non-hydrogen) atoms. The summed E-state index contributed by atoms with van der Waals surface area (Å²) in [5.74, 6) is 0.698. The lowest BCUT2D eigenvalue weighted by Crippen LogP contribution is -2.30. The molecule has 3 rings (SSSR count). The van der Waals surface area contributed by atoms with Gasteiger partial charge in [0.05, 0.1) is 12.8 Å². The van der Waals surface area contributed by atoms with Gasteiger partial charge in [0.1, 0.15) is 5.76 Å². The van der Waals surface area contributed by atoms with E-state index < -0.39 is 0 Å². The van der Waals surface area contributed by atoms with E-state index in [2.05, 4.69) is 20.9 Å². The zero-order chi connectivity index (χ0) is 16.1. The van der Waals surface area contributed by atoms with Crippen molar-refractivity contribution in [2.45, 2.75) is 13.1 Å². The summed E-state index contributed by atoms with van der Waals surface area (Å²) in [4.78, 5) is 18.7. The minimum atomic E-state index is -0.0495. The first-order valence-electron chi connectivity index (χ1n) is 7.18. The maximum Gasteiger partial charge on any atom is 0.254 e. The Morgan fingerprint density at radius 1 is 1.13 bits per heavy atom. The molecule has 2 aromatic heterocycles. The number of furan rings is 1. The lowest BCUT2D eigenvalue weighted by Gasteiger charge is -2.22. The molecule has 0 fully saturated rings. The van der Waals surface area contributed by atoms with Crippen LogP contribution in [0.4, 0.5) is 0 Å². The largest absolute Gasteiger partial charge is 0.467 e. The minimum Gasteiger partial charge on any atom is -0.467 e. The first-order chi connectivity index (χ1) is 11.2. The van der Waals surface area contributed by atoms with E-state index in [0.29, 0.717) is 18.7 Å². The topological polar surface area (TPSA) is 46.3 Å². The summed E-state index contributed by atoms with van der Waals surface area (Å²) in [5, 5.41) is 0. The fourth-order valence-electron chi connectivity index (χ4n) is 2.31. The molecule has 0 bridgehead atoms. The summed E-state index contributed by atoms with van der Waals surface area (Å²) in [6, 6.07) is 14.9. The van der Waals surface area contributed by atoms with E-state index in [4.69, 9.17) is 4.42 Å². The Hall–Kier alpha value is -2.40. The van der Waals surface area contributed by atoms with E-state index in [1.165, 1.54) is 0 Å². The Balaban J connectivity index is 1.86. The highest BCUT2D eigenvalue weighted by molar-refractivity contribution is 9.10. The van der Waals surface area contributed by atoms with E-state index >= 15 is 0 Å². The van der Waals surface area contributed by atoms with Crippen molar-refractivity contribution < 1.29 is 9.21 Å². The number of hydrogen-bond acceptors (Lipinski definition) is 3. The average Bonchev–Trinajstić information content (AvgIpc) is 3.08. The van der Waals surface area contributed by atoms with Gasteiger partial charge in [-0.2, -0.15) is 0 Å². The molecule has 0 N–H and O–H groups in total. The number of carbonyl (C=O) groups is 1. The SMILES string of the molecule is O=C(c1cccc(Br)c1)N(Cc1cccnc1)Cc1ccco1. The van der Waals surface area contributed by atoms with Crippen molar-refractivity contribution in [1.29, 1.82) is 0 Å². The summed E-state index contributed by atoms with van der Waals surface area (Å²) in [6.07, 6.45) is 5.10. The molecule has 0 atom stereocenters. The summed E-state index contributed by atoms with van der Waals surface area (Å²) in [6.45, 7) is 0.882. The fraction of sp³-hybridized carbons (Fsp3) is 0.111. The molecule has 2 heterocycles. The molecule has 1 amide bonds. The van der Waals surface area contributed by atoms with Crippen LogP contribution < -0.4 is 0 Å². The normalized spacial score (nSPS) is 10.5. The zero-order valence-electron chi connectivity index (χ0n) is 12.4. The number of carbonyl (C=O) groups excluding carboxylic acids is 1. The van der Waals surface area contributed by atoms with Crippen LogP contribution in [0.2, 0.25) is 0 Å². The summed E-state index contributed by atoms with van der Waals surface area (Å²) in [5.41, 5.74) is 1.61. The predicted molar refractivity (Wildman–Crippen MR) is 90.7 cm³/mol. The predicted octanol–water partition coefficient (Wildman–Crippen LogP) is 4.28. The van der Waals surface area contributed by atoms with E-state index in [1.54, 1.807) is 23.6 Å². The fourth-order valence-corrected chi connectivity index (χ4v) is 2.71. The van der Waals surface area contributed by atoms with Gasteiger partial charge < -0.3 is 9.32 Å². The van der Waals surface area contributed by atoms with Crippen LogP contribution in [0.15, 0.2) is 76.1 Å². The van der Waals surface area contributed by atoms with Crippen molar-refractivity contribution in [3.05, 3.63) is 88.5 Å². The molecule has 0 saturated carbocycles. The summed E-state index contributed by atoms with van der Waals surface area (Å²) in [7, 11) is 0. The van der Waals surface area contributed by atoms with Crippen LogP contribution in [0, 0.1) is 0 Å². The van der Waals surface area contributed by atoms with E-state index in [1.807, 2.05) is 48.5 Å². The third-order valence-corrected chi connectivity index (χ3v) is 3.88. The minimum absolute atomic E-state index is 0.0495. The second-order valence-electron chi connectivity index (χ2n) is 5.11. The van der Waals surface area contributed by atoms with Crippen molar-refractivity contribution in [2.75, 3.05) is 0 Å². The van der Waals surface area contributed by atoms with Gasteiger partial charge in [0, 0.05) is 29.0 Å². The monoisotopic (exact) mass is 370 g/mol. The molecule has 0 spiro atoms. The molecule has 4 nitrogen and oxygen atoms in total. The molecule has 5 heteroatoms. The van der Waals surface area contributed by atoms with Crippen molar-refractivity contribution in [3.8, 4) is 0 Å². The molecule has 0 aliphatic rings. The maximum atomic E-state index is 12.9. The van der Waals surface area contributed by atoms with E-state index in [-0.39, 0.29) is 5.91 Å². The Labute approximate surface area is 142 Å². The summed E-state index contributed by atoms with van der Waals surface area (Å²) < 4.78 is 6.27. The molecular weight excluding hydrogens is 356 g/mol. The molecule has 1 aromatic carbocycles. The molecule has 0 unspecified atom stereocenters. The first-order valence-corrected chi connectivity index (χ1v) is 7.98. The molecule has 3 aromatic rings. The zero-order valence-corrected chi connectivity index (χ0v) is 13.9. The Kier molecular flexibility index (Phi) is 4.88. The van der Waals surface area contributed by atoms with Gasteiger partial charge in [-0.25, -0.2) is 0 Å². The van der Waals surface area contributed by atoms with Gasteiger partial charge >= 0.3 is 0 Å². The second kappa shape index (κ2) is 7.24. The van der Waals surface area contributed by atoms with Gasteiger partial charge in [0.15, 0.2) is 0 Å². The van der Waals surface area contributed by atoms with Gasteiger partial charge in [-0.1, -0.05) is 28.1 Å². The van der Waals surface area contributed by atoms with Gasteiger partial charge in [-0.3, -0.25) is 9.78 Å². The number of hydrogen-bond donors (Lipinski definition) is 0. The Bertz CT molecular complexity index is 773. The van der Waals surface area contributed by atoms with Crippen molar-refractivity contribution in [3.63, 3.8) is 0 Å². The standard InChI is InChI=1S/C18H15BrN2O2/c19-16-6-1-5-15(10-16)18(22)21(13-17-7-3-9-23-17)12-14-4-2-8-20-11-14/h1-11H,12-13H2. The number of benzene rings is 1. The van der Waals surface area contributed by atoms with Crippen molar-refractivity contribution >= 4 is 21.8 Å². The van der Waals surface area contributed by atoms with Crippen LogP contribution in [-0.2, 0) is 13.1 Å². The average molecular weight is 371 g/mol. The number of amides is 1. The highest BCUT2D eigenvalue weighted by atomic mass is 79.9. The maximum absolute atomic E-state index is 12.9. The first kappa shape index (κ1) is 15.5. The van der Waals surface area contributed by atoms with Crippen molar-refractivity contribution in [2.24, 2.45) is 0 Å². The van der Waals surface area contributed by atoms with Crippen LogP contribution in [-0.4, -0.2) is 15.8 Å². The Morgan fingerprint density at radius 3 is 2.74 bits per heavy atom. The third-order valence-electron chi connectivity index (χ3n) is 3.38. The smallest absolute Gasteiger partial charge is 0.254 e. The second-order valence-corrected chi connectivity index (χ2v) is 6.03. The number of halogens is 1. The molecule has 0 aliphatic heterocycles. The lowest BCUT2D eigenvalue weighted by atomic mass is 10.1. The molecule has 0 saturated heterocycles. The van der Waals surface area contributed by atoms with Gasteiger partial charge in [-0.15, -0.1) is 0 Å². The van der Waals surface area contributed by atoms with Crippen LogP contribution in [0.1, 0.15) is 21.7 Å². The van der Waals surface area contributed by atoms with Gasteiger partial charge in [0.2, 0.25) is 0 Å². The highest BCUT2D eigenvalue weighted by Gasteiger charge is 2.18. The van der Waals surface area contributed by atoms with Crippen LogP contribution in [0.25, 0.3) is 0 Å². The summed E-state index contributed by atoms with van der Waals surface area (Å²) >= 11 is 3.41. The van der Waals surface area contributed by atoms with Crippen LogP contribution in [0.3, 0.4) is 0 Å². The molecule has 0 radical (unpaired) electrons. The highest BCUT2D eigenvalue weighted by Crippen LogP contribution is 2.17. The van der Waals surface area contributed by atoms with Crippen LogP contribution >= 0.6 is 15.9 Å². The quantitative estimate of drug-likeness (QED) is 0.673. The molecule has 0 aliphatic carbocycles. The Morgan fingerprint density at radius 2 is 2.04 bits per heavy atom. The van der Waals surface area contributed by atoms with Gasteiger partial charge in [-0.05, 0) is 42.0 Å². The van der Waals surface area contributed by atoms with Crippen LogP contribution in [0.5, 0.6) is 0 Å². The molecule has 116 valence electrons. The van der Waals surface area contributed by atoms with E-state index in [9.17, 15) is 4.79 Å². The molecular formula is C18H15BrN2O2. The number of aromatic nitrogens is 1. The number of rotatable bonds is 5. The number of pyridine rings is 1. The van der Waals surface area contributed by atoms with E-state index in [0.717, 1.165) is 15.8 Å². The third kappa shape index (κ3) is 4.07. The van der Waals surface area contributed by atoms with Crippen molar-refractivity contribution in [1.82, 2.24) is 9.88 Å².